The number of hydrogen-bond acceptors (Lipinski definition) is 4. The van der Waals surface area contributed by atoms with Gasteiger partial charge in [-0.05, 0) is 79.6 Å². The predicted molar refractivity (Wildman–Crippen MR) is 173 cm³/mol. The lowest BCUT2D eigenvalue weighted by atomic mass is 9.94. The number of nitrogens with zero attached hydrogens (tertiary/aromatic N) is 2. The fourth-order valence-electron chi connectivity index (χ4n) is 5.68. The van der Waals surface area contributed by atoms with Crippen LogP contribution in [0.4, 0.5) is 11.4 Å². The summed E-state index contributed by atoms with van der Waals surface area (Å²) in [5.41, 5.74) is 4.35. The van der Waals surface area contributed by atoms with Crippen LogP contribution in [0.2, 0.25) is 10.0 Å². The minimum Gasteiger partial charge on any atom is -0.478 e. The second kappa shape index (κ2) is 12.5. The lowest BCUT2D eigenvalue weighted by Crippen LogP contribution is -2.15. The summed E-state index contributed by atoms with van der Waals surface area (Å²) in [4.78, 5) is 42.3. The van der Waals surface area contributed by atoms with Gasteiger partial charge >= 0.3 is 5.97 Å². The zero-order valence-corrected chi connectivity index (χ0v) is 25.0. The summed E-state index contributed by atoms with van der Waals surface area (Å²) in [5, 5.41) is 15.9. The Balaban J connectivity index is 1.21. The van der Waals surface area contributed by atoms with Crippen molar-refractivity contribution in [3.8, 4) is 11.4 Å². The molecule has 0 unspecified atom stereocenters. The quantitative estimate of drug-likeness (QED) is 0.167. The van der Waals surface area contributed by atoms with Crippen molar-refractivity contribution in [3.05, 3.63) is 112 Å². The number of aromatic nitrogens is 2. The summed E-state index contributed by atoms with van der Waals surface area (Å²) in [7, 11) is 0. The monoisotopic (exact) mass is 626 g/mol. The number of fused-ring (bicyclic) bond motifs is 1. The molecule has 0 saturated heterocycles. The molecule has 8 nitrogen and oxygen atoms in total. The molecule has 5 aromatic rings. The Hall–Kier alpha value is -4.66. The molecule has 1 saturated carbocycles. The van der Waals surface area contributed by atoms with Gasteiger partial charge in [0.05, 0.1) is 16.6 Å². The number of rotatable bonds is 7. The van der Waals surface area contributed by atoms with E-state index in [0.717, 1.165) is 42.6 Å². The van der Waals surface area contributed by atoms with Gasteiger partial charge in [0.25, 0.3) is 11.8 Å². The molecule has 1 aliphatic rings. The van der Waals surface area contributed by atoms with Gasteiger partial charge in [0.15, 0.2) is 0 Å². The first-order valence-electron chi connectivity index (χ1n) is 14.3. The van der Waals surface area contributed by atoms with Gasteiger partial charge in [0.1, 0.15) is 5.82 Å². The second-order valence-corrected chi connectivity index (χ2v) is 11.7. The highest BCUT2D eigenvalue weighted by molar-refractivity contribution is 6.35. The zero-order valence-electron chi connectivity index (χ0n) is 23.5. The molecule has 1 heterocycles. The second-order valence-electron chi connectivity index (χ2n) is 10.8. The average Bonchev–Trinajstić information content (AvgIpc) is 3.40. The number of carbonyl (C=O) groups excluding carboxylic acids is 2. The number of carbonyl (C=O) groups is 3. The molecule has 0 radical (unpaired) electrons. The number of hydrogen-bond donors (Lipinski definition) is 3. The van der Waals surface area contributed by atoms with E-state index >= 15 is 0 Å². The van der Waals surface area contributed by atoms with Gasteiger partial charge in [-0.3, -0.25) is 9.59 Å². The number of anilines is 2. The Kier molecular flexibility index (Phi) is 8.37. The topological polar surface area (TPSA) is 113 Å². The third kappa shape index (κ3) is 6.32. The maximum atomic E-state index is 13.1. The Morgan fingerprint density at radius 2 is 1.34 bits per heavy atom. The number of nitrogens with one attached hydrogen (secondary N) is 2. The van der Waals surface area contributed by atoms with Crippen molar-refractivity contribution in [1.29, 1.82) is 0 Å². The van der Waals surface area contributed by atoms with Crippen LogP contribution >= 0.6 is 23.2 Å². The molecule has 1 aromatic heterocycles. The van der Waals surface area contributed by atoms with Crippen LogP contribution in [0.5, 0.6) is 0 Å². The fraction of sp³-hybridized carbons (Fsp3) is 0.176. The van der Waals surface area contributed by atoms with Crippen molar-refractivity contribution in [1.82, 2.24) is 9.55 Å². The van der Waals surface area contributed by atoms with E-state index in [4.69, 9.17) is 28.2 Å². The summed E-state index contributed by atoms with van der Waals surface area (Å²) in [5.74, 6) is -0.929. The van der Waals surface area contributed by atoms with Crippen LogP contribution < -0.4 is 10.6 Å². The zero-order chi connectivity index (χ0) is 30.8. The van der Waals surface area contributed by atoms with E-state index in [1.165, 1.54) is 18.6 Å². The highest BCUT2D eigenvalue weighted by Gasteiger charge is 2.23. The van der Waals surface area contributed by atoms with Gasteiger partial charge in [-0.1, -0.05) is 60.7 Å². The van der Waals surface area contributed by atoms with Gasteiger partial charge < -0.3 is 20.3 Å². The minimum absolute atomic E-state index is 0.196. The number of benzene rings is 4. The lowest BCUT2D eigenvalue weighted by molar-refractivity contribution is 0.0696. The van der Waals surface area contributed by atoms with Crippen LogP contribution in [0, 0.1) is 0 Å². The Labute approximate surface area is 263 Å². The molecule has 1 aliphatic carbocycles. The molecule has 6 rings (SSSR count). The Bertz CT molecular complexity index is 1880. The summed E-state index contributed by atoms with van der Waals surface area (Å²) in [6.45, 7) is 0. The Morgan fingerprint density at radius 1 is 0.727 bits per heavy atom. The van der Waals surface area contributed by atoms with E-state index in [9.17, 15) is 19.5 Å². The SMILES string of the molecule is O=C(O)c1ccc2c(c1)nc(-c1ccc(C(=O)Nc3cccc(NC(=O)c4cc(Cl)cc(Cl)c4)c3)cc1)n2C1CCCCC1. The molecule has 2 amide bonds. The van der Waals surface area contributed by atoms with Crippen LogP contribution in [-0.4, -0.2) is 32.4 Å². The molecule has 10 heteroatoms. The minimum atomic E-state index is -0.991. The van der Waals surface area contributed by atoms with E-state index in [1.54, 1.807) is 54.6 Å². The summed E-state index contributed by atoms with van der Waals surface area (Å²) < 4.78 is 2.23. The maximum Gasteiger partial charge on any atom is 0.335 e. The van der Waals surface area contributed by atoms with Gasteiger partial charge in [0, 0.05) is 44.2 Å². The first-order valence-corrected chi connectivity index (χ1v) is 15.1. The molecule has 0 spiro atoms. The molecule has 1 fully saturated rings. The number of carboxylic acids is 1. The van der Waals surface area contributed by atoms with Gasteiger partial charge in [-0.2, -0.15) is 0 Å². The van der Waals surface area contributed by atoms with Gasteiger partial charge in [-0.15, -0.1) is 0 Å². The third-order valence-corrected chi connectivity index (χ3v) is 8.22. The van der Waals surface area contributed by atoms with Crippen LogP contribution in [0.25, 0.3) is 22.4 Å². The van der Waals surface area contributed by atoms with Crippen molar-refractivity contribution in [2.75, 3.05) is 10.6 Å². The number of aromatic carboxylic acids is 1. The molecule has 0 atom stereocenters. The molecule has 44 heavy (non-hydrogen) atoms. The van der Waals surface area contributed by atoms with Crippen molar-refractivity contribution in [3.63, 3.8) is 0 Å². The summed E-state index contributed by atoms with van der Waals surface area (Å²) in [6, 6.07) is 24.0. The number of carboxylic acid groups (broad SMARTS) is 1. The smallest absolute Gasteiger partial charge is 0.335 e. The first kappa shape index (κ1) is 29.4. The van der Waals surface area contributed by atoms with Crippen molar-refractivity contribution in [2.45, 2.75) is 38.1 Å². The van der Waals surface area contributed by atoms with E-state index in [-0.39, 0.29) is 23.4 Å². The molecular weight excluding hydrogens is 599 g/mol. The standard InChI is InChI=1S/C34H28Cl2N4O4/c35-24-15-23(16-25(36)18-24)33(42)38-27-6-4-5-26(19-27)37-32(41)21-11-9-20(10-12-21)31-39-29-17-22(34(43)44)13-14-30(29)40(31)28-7-2-1-3-8-28/h4-6,9-19,28H,1-3,7-8H2,(H,37,41)(H,38,42)(H,43,44). The van der Waals surface area contributed by atoms with E-state index in [1.807, 2.05) is 18.2 Å². The first-order chi connectivity index (χ1) is 21.2. The fourth-order valence-corrected chi connectivity index (χ4v) is 6.21. The van der Waals surface area contributed by atoms with Crippen molar-refractivity contribution >= 4 is 63.4 Å². The van der Waals surface area contributed by atoms with E-state index in [0.29, 0.717) is 38.1 Å². The molecular formula is C34H28Cl2N4O4. The van der Waals surface area contributed by atoms with E-state index < -0.39 is 5.97 Å². The van der Waals surface area contributed by atoms with Gasteiger partial charge in [-0.25, -0.2) is 9.78 Å². The molecule has 4 aromatic carbocycles. The average molecular weight is 628 g/mol. The highest BCUT2D eigenvalue weighted by Crippen LogP contribution is 2.36. The molecule has 0 aliphatic heterocycles. The van der Waals surface area contributed by atoms with Gasteiger partial charge in [0.2, 0.25) is 0 Å². The normalized spacial score (nSPS) is 13.5. The van der Waals surface area contributed by atoms with Crippen molar-refractivity contribution in [2.24, 2.45) is 0 Å². The number of imidazole rings is 1. The predicted octanol–water partition coefficient (Wildman–Crippen LogP) is 8.72. The molecule has 3 N–H and O–H groups in total. The summed E-state index contributed by atoms with van der Waals surface area (Å²) >= 11 is 12.0. The number of halogens is 2. The van der Waals surface area contributed by atoms with Crippen LogP contribution in [-0.2, 0) is 0 Å². The number of amides is 2. The third-order valence-electron chi connectivity index (χ3n) is 7.78. The van der Waals surface area contributed by atoms with Crippen molar-refractivity contribution < 1.29 is 19.5 Å². The highest BCUT2D eigenvalue weighted by atomic mass is 35.5. The molecule has 0 bridgehead atoms. The largest absolute Gasteiger partial charge is 0.478 e. The summed E-state index contributed by atoms with van der Waals surface area (Å²) in [6.07, 6.45) is 5.54. The van der Waals surface area contributed by atoms with Crippen LogP contribution in [0.3, 0.4) is 0 Å². The Morgan fingerprint density at radius 3 is 1.98 bits per heavy atom. The maximum absolute atomic E-state index is 13.1. The van der Waals surface area contributed by atoms with Crippen LogP contribution in [0.1, 0.15) is 69.2 Å². The van der Waals surface area contributed by atoms with Crippen LogP contribution in [0.15, 0.2) is 84.9 Å². The van der Waals surface area contributed by atoms with E-state index in [2.05, 4.69) is 15.2 Å². The lowest BCUT2D eigenvalue weighted by Gasteiger charge is -2.25. The molecule has 222 valence electrons.